The summed E-state index contributed by atoms with van der Waals surface area (Å²) in [6.45, 7) is 4.75. The molecule has 0 fully saturated rings. The Labute approximate surface area is 378 Å². The molecule has 2 nitrogen and oxygen atoms in total. The van der Waals surface area contributed by atoms with Crippen molar-refractivity contribution in [1.29, 1.82) is 0 Å². The van der Waals surface area contributed by atoms with Crippen LogP contribution in [0.4, 0.5) is 0 Å². The number of benzene rings is 10. The summed E-state index contributed by atoms with van der Waals surface area (Å²) in [5, 5.41) is 7.29. The van der Waals surface area contributed by atoms with Gasteiger partial charge in [0.25, 0.3) is 0 Å². The van der Waals surface area contributed by atoms with Crippen LogP contribution in [0.15, 0.2) is 223 Å². The average molecular weight is 832 g/mol. The molecular weight excluding hydrogens is 787 g/mol. The summed E-state index contributed by atoms with van der Waals surface area (Å²) in [7, 11) is 0. The molecule has 1 aliphatic carbocycles. The van der Waals surface area contributed by atoms with E-state index >= 15 is 0 Å². The Hall–Kier alpha value is -7.94. The number of fused-ring (bicyclic) bond motifs is 10. The first-order valence-corrected chi connectivity index (χ1v) is 22.8. The lowest BCUT2D eigenvalue weighted by atomic mass is 9.80. The largest absolute Gasteiger partial charge is 0.456 e. The second-order valence-corrected chi connectivity index (χ2v) is 18.4. The van der Waals surface area contributed by atoms with Gasteiger partial charge in [0.05, 0.1) is 11.0 Å². The topological polar surface area (TPSA) is 18.1 Å². The quantitative estimate of drug-likeness (QED) is 0.156. The van der Waals surface area contributed by atoms with Gasteiger partial charge in [-0.05, 0) is 127 Å². The Morgan fingerprint density at radius 3 is 2.02 bits per heavy atom. The van der Waals surface area contributed by atoms with E-state index in [1.807, 2.05) is 0 Å². The van der Waals surface area contributed by atoms with Gasteiger partial charge in [0.15, 0.2) is 0 Å². The maximum atomic E-state index is 6.75. The van der Waals surface area contributed by atoms with Gasteiger partial charge in [-0.1, -0.05) is 184 Å². The normalized spacial score (nSPS) is 13.5. The zero-order valence-electron chi connectivity index (χ0n) is 36.4. The summed E-state index contributed by atoms with van der Waals surface area (Å²) in [5.74, 6) is 0.0629. The highest BCUT2D eigenvalue weighted by Gasteiger charge is 2.37. The van der Waals surface area contributed by atoms with Crippen molar-refractivity contribution in [2.24, 2.45) is 0 Å². The van der Waals surface area contributed by atoms with Crippen molar-refractivity contribution in [2.75, 3.05) is 0 Å². The molecule has 0 radical (unpaired) electrons. The highest BCUT2D eigenvalue weighted by atomic mass is 16.3. The Balaban J connectivity index is 0.969. The van der Waals surface area contributed by atoms with Gasteiger partial charge in [-0.15, -0.1) is 0 Å². The van der Waals surface area contributed by atoms with Gasteiger partial charge in [-0.2, -0.15) is 0 Å². The van der Waals surface area contributed by atoms with Crippen LogP contribution in [0, 0.1) is 0 Å². The average Bonchev–Trinajstić information content (AvgIpc) is 3.98. The Morgan fingerprint density at radius 2 is 1.14 bits per heavy atom. The molecule has 12 aromatic rings. The summed E-state index contributed by atoms with van der Waals surface area (Å²) < 4.78 is 9.16. The van der Waals surface area contributed by atoms with Crippen LogP contribution in [-0.4, -0.2) is 4.57 Å². The predicted octanol–water partition coefficient (Wildman–Crippen LogP) is 16.9. The van der Waals surface area contributed by atoms with Gasteiger partial charge in [0.1, 0.15) is 11.2 Å². The molecule has 0 N–H and O–H groups in total. The molecule has 13 rings (SSSR count). The molecule has 0 amide bonds. The second-order valence-electron chi connectivity index (χ2n) is 18.4. The van der Waals surface area contributed by atoms with Gasteiger partial charge >= 0.3 is 0 Å². The molecule has 0 saturated carbocycles. The van der Waals surface area contributed by atoms with Crippen molar-refractivity contribution in [1.82, 2.24) is 4.57 Å². The third-order valence-electron chi connectivity index (χ3n) is 14.4. The Morgan fingerprint density at radius 1 is 0.462 bits per heavy atom. The van der Waals surface area contributed by atoms with E-state index in [-0.39, 0.29) is 11.3 Å². The van der Waals surface area contributed by atoms with Crippen LogP contribution in [0.25, 0.3) is 93.6 Å². The molecule has 1 aliphatic rings. The minimum atomic E-state index is -0.0691. The lowest BCUT2D eigenvalue weighted by Crippen LogP contribution is -2.15. The van der Waals surface area contributed by atoms with E-state index in [2.05, 4.69) is 237 Å². The maximum absolute atomic E-state index is 6.75. The van der Waals surface area contributed by atoms with E-state index in [0.717, 1.165) is 23.0 Å². The zero-order valence-corrected chi connectivity index (χ0v) is 36.4. The number of hydrogen-bond acceptors (Lipinski definition) is 1. The van der Waals surface area contributed by atoms with Crippen molar-refractivity contribution in [3.63, 3.8) is 0 Å². The molecule has 1 unspecified atom stereocenters. The smallest absolute Gasteiger partial charge is 0.135 e. The zero-order chi connectivity index (χ0) is 43.2. The lowest BCUT2D eigenvalue weighted by Gasteiger charge is -2.23. The number of rotatable bonds is 7. The lowest BCUT2D eigenvalue weighted by molar-refractivity contribution is 0.659. The summed E-state index contributed by atoms with van der Waals surface area (Å²) in [6.07, 6.45) is 0.849. The SMILES string of the molecule is CC1(C)c2ccccc2-c2c(CC(c3ccc(-c4ccccc4)cc3)c3cccc4oc5ccc(-c6ccc7c(c6)c6ccccc6n7-c6ccc7ccccc7c6)cc5c34)cccc21. The first-order valence-electron chi connectivity index (χ1n) is 22.8. The summed E-state index contributed by atoms with van der Waals surface area (Å²) in [6, 6.07) is 80.5. The highest BCUT2D eigenvalue weighted by Crippen LogP contribution is 2.51. The van der Waals surface area contributed by atoms with Gasteiger partial charge in [-0.25, -0.2) is 0 Å². The molecule has 0 saturated heterocycles. The molecule has 2 heterocycles. The van der Waals surface area contributed by atoms with Crippen LogP contribution in [0.2, 0.25) is 0 Å². The van der Waals surface area contributed by atoms with Crippen LogP contribution in [0.1, 0.15) is 47.6 Å². The summed E-state index contributed by atoms with van der Waals surface area (Å²) >= 11 is 0. The summed E-state index contributed by atoms with van der Waals surface area (Å²) in [4.78, 5) is 0. The second kappa shape index (κ2) is 14.6. The molecule has 2 heteroatoms. The van der Waals surface area contributed by atoms with E-state index < -0.39 is 0 Å². The fourth-order valence-corrected chi connectivity index (χ4v) is 11.2. The van der Waals surface area contributed by atoms with E-state index in [4.69, 9.17) is 4.42 Å². The van der Waals surface area contributed by atoms with E-state index in [1.54, 1.807) is 0 Å². The van der Waals surface area contributed by atoms with Crippen molar-refractivity contribution < 1.29 is 4.42 Å². The molecule has 0 spiro atoms. The van der Waals surface area contributed by atoms with Crippen LogP contribution in [-0.2, 0) is 11.8 Å². The molecular formula is C63H45NO. The third-order valence-corrected chi connectivity index (χ3v) is 14.4. The Kier molecular flexibility index (Phi) is 8.42. The number of furan rings is 1. The fourth-order valence-electron chi connectivity index (χ4n) is 11.2. The molecule has 1 atom stereocenters. The number of para-hydroxylation sites is 1. The minimum absolute atomic E-state index is 0.0629. The van der Waals surface area contributed by atoms with Crippen molar-refractivity contribution in [2.45, 2.75) is 31.6 Å². The van der Waals surface area contributed by atoms with E-state index in [9.17, 15) is 0 Å². The van der Waals surface area contributed by atoms with Crippen LogP contribution >= 0.6 is 0 Å². The van der Waals surface area contributed by atoms with Crippen molar-refractivity contribution in [3.05, 3.63) is 246 Å². The first-order chi connectivity index (χ1) is 32.0. The molecule has 308 valence electrons. The minimum Gasteiger partial charge on any atom is -0.456 e. The monoisotopic (exact) mass is 831 g/mol. The number of nitrogens with zero attached hydrogens (tertiary/aromatic N) is 1. The van der Waals surface area contributed by atoms with E-state index in [1.165, 1.54) is 105 Å². The Bertz CT molecular complexity index is 3830. The standard InChI is InChI=1S/C63H45NO/c1-63(2)55-22-10-8-20-51(55)61-47(18-12-23-56(61)63)39-52(43-28-26-42(27-29-43)40-14-4-3-5-15-40)50-21-13-25-60-62(50)54-38-46(32-35-59(54)65-60)45-31-34-58-53(37-45)49-19-9-11-24-57(49)64(58)48-33-30-41-16-6-7-17-44(41)36-48/h3-38,52H,39H2,1-2H3. The number of aromatic nitrogens is 1. The van der Waals surface area contributed by atoms with Crippen LogP contribution in [0.3, 0.4) is 0 Å². The number of hydrogen-bond donors (Lipinski definition) is 0. The van der Waals surface area contributed by atoms with Crippen molar-refractivity contribution in [3.8, 4) is 39.1 Å². The van der Waals surface area contributed by atoms with Gasteiger partial charge in [-0.3, -0.25) is 0 Å². The van der Waals surface area contributed by atoms with Crippen LogP contribution < -0.4 is 0 Å². The first kappa shape index (κ1) is 37.6. The molecule has 2 aromatic heterocycles. The van der Waals surface area contributed by atoms with Gasteiger partial charge < -0.3 is 8.98 Å². The maximum Gasteiger partial charge on any atom is 0.135 e. The van der Waals surface area contributed by atoms with Gasteiger partial charge in [0.2, 0.25) is 0 Å². The fraction of sp³-hybridized carbons (Fsp3) is 0.0794. The third kappa shape index (κ3) is 5.94. The molecule has 0 aliphatic heterocycles. The molecule has 65 heavy (non-hydrogen) atoms. The predicted molar refractivity (Wildman–Crippen MR) is 272 cm³/mol. The van der Waals surface area contributed by atoms with Gasteiger partial charge in [0, 0.05) is 38.6 Å². The van der Waals surface area contributed by atoms with Crippen LogP contribution in [0.5, 0.6) is 0 Å². The van der Waals surface area contributed by atoms with Crippen molar-refractivity contribution >= 4 is 54.5 Å². The summed E-state index contributed by atoms with van der Waals surface area (Å²) in [5.41, 5.74) is 19.6. The molecule has 0 bridgehead atoms. The molecule has 10 aromatic carbocycles. The van der Waals surface area contributed by atoms with E-state index in [0.29, 0.717) is 0 Å². The highest BCUT2D eigenvalue weighted by molar-refractivity contribution is 6.12.